The first-order valence-electron chi connectivity index (χ1n) is 12.0. The van der Waals surface area contributed by atoms with Gasteiger partial charge in [-0.15, -0.1) is 0 Å². The lowest BCUT2D eigenvalue weighted by atomic mass is 9.96. The summed E-state index contributed by atoms with van der Waals surface area (Å²) in [5.41, 5.74) is 0.437. The normalized spacial score (nSPS) is 11.5. The fourth-order valence-electron chi connectivity index (χ4n) is 4.16. The van der Waals surface area contributed by atoms with Gasteiger partial charge in [-0.1, -0.05) is 24.3 Å². The molecule has 11 nitrogen and oxygen atoms in total. The molecule has 5 aromatic rings. The molecule has 12 heteroatoms. The smallest absolute Gasteiger partial charge is 0.291 e. The van der Waals surface area contributed by atoms with Crippen LogP contribution in [-0.2, 0) is 0 Å². The number of pyridine rings is 1. The molecule has 1 N–H and O–H groups in total. The second kappa shape index (κ2) is 10.8. The maximum absolute atomic E-state index is 13.8. The Bertz CT molecular complexity index is 2010. The van der Waals surface area contributed by atoms with Crippen LogP contribution in [0.5, 0.6) is 0 Å². The van der Waals surface area contributed by atoms with Crippen molar-refractivity contribution in [3.63, 3.8) is 0 Å². The molecule has 0 aliphatic carbocycles. The number of hydrogen-bond acceptors (Lipinski definition) is 8. The largest absolute Gasteiger partial charge is 0.337 e. The van der Waals surface area contributed by atoms with E-state index in [9.17, 15) is 29.8 Å². The molecule has 0 saturated carbocycles. The summed E-state index contributed by atoms with van der Waals surface area (Å²) in [6, 6.07) is 21.7. The first kappa shape index (κ1) is 26.3. The molecule has 0 aliphatic rings. The number of fused-ring (bicyclic) bond motifs is 1. The predicted molar refractivity (Wildman–Crippen MR) is 150 cm³/mol. The molecule has 5 rings (SSSR count). The van der Waals surface area contributed by atoms with Gasteiger partial charge in [-0.3, -0.25) is 14.9 Å². The molecule has 0 fully saturated rings. The number of nitro groups is 1. The van der Waals surface area contributed by atoms with Crippen molar-refractivity contribution in [1.29, 1.82) is 10.5 Å². The lowest BCUT2D eigenvalue weighted by Gasteiger charge is -2.13. The summed E-state index contributed by atoms with van der Waals surface area (Å²) in [7, 11) is 0. The van der Waals surface area contributed by atoms with Crippen LogP contribution >= 0.6 is 0 Å². The summed E-state index contributed by atoms with van der Waals surface area (Å²) in [5.74, 6) is -0.406. The van der Waals surface area contributed by atoms with E-state index in [0.717, 1.165) is 10.2 Å². The van der Waals surface area contributed by atoms with Gasteiger partial charge in [0.15, 0.2) is 11.6 Å². The monoisotopic (exact) mass is 544 g/mol. The molecular formula is C29H17FN8O3. The Morgan fingerprint density at radius 3 is 2.46 bits per heavy atom. The summed E-state index contributed by atoms with van der Waals surface area (Å²) in [6.07, 6.45) is 1.26. The second-order valence-corrected chi connectivity index (χ2v) is 8.69. The molecule has 198 valence electrons. The van der Waals surface area contributed by atoms with Gasteiger partial charge < -0.3 is 4.98 Å². The summed E-state index contributed by atoms with van der Waals surface area (Å²) < 4.78 is 14.6. The van der Waals surface area contributed by atoms with Gasteiger partial charge in [0.1, 0.15) is 34.8 Å². The number of imidazole rings is 1. The van der Waals surface area contributed by atoms with Crippen molar-refractivity contribution in [3.05, 3.63) is 122 Å². The van der Waals surface area contributed by atoms with Gasteiger partial charge in [-0.05, 0) is 54.4 Å². The molecule has 0 radical (unpaired) electrons. The average molecular weight is 545 g/mol. The lowest BCUT2D eigenvalue weighted by Crippen LogP contribution is -2.23. The molecular weight excluding hydrogens is 527 g/mol. The third-order valence-electron chi connectivity index (χ3n) is 6.09. The maximum atomic E-state index is 13.8. The molecule has 0 saturated heterocycles. The van der Waals surface area contributed by atoms with Crippen molar-refractivity contribution in [2.75, 3.05) is 0 Å². The van der Waals surface area contributed by atoms with E-state index in [1.165, 1.54) is 48.7 Å². The molecule has 0 amide bonds. The Morgan fingerprint density at radius 1 is 1.07 bits per heavy atom. The topological polar surface area (TPSA) is 166 Å². The Labute approximate surface area is 230 Å². The fourth-order valence-corrected chi connectivity index (χ4v) is 4.16. The molecule has 2 heterocycles. The highest BCUT2D eigenvalue weighted by atomic mass is 19.1. The minimum Gasteiger partial charge on any atom is -0.337 e. The third-order valence-corrected chi connectivity index (χ3v) is 6.09. The Hall–Kier alpha value is -6.27. The number of benzene rings is 3. The van der Waals surface area contributed by atoms with Gasteiger partial charge in [-0.25, -0.2) is 14.4 Å². The first-order valence-corrected chi connectivity index (χ1v) is 12.0. The maximum Gasteiger partial charge on any atom is 0.291 e. The molecule has 0 atom stereocenters. The molecule has 0 aliphatic heterocycles. The van der Waals surface area contributed by atoms with Gasteiger partial charge in [0.05, 0.1) is 16.0 Å². The zero-order valence-electron chi connectivity index (χ0n) is 21.2. The first-order chi connectivity index (χ1) is 19.8. The number of nitrogens with zero attached hydrogens (tertiary/aromatic N) is 7. The number of aliphatic imine (C=N–C) groups is 1. The van der Waals surface area contributed by atoms with Crippen LogP contribution in [0.4, 0.5) is 15.9 Å². The van der Waals surface area contributed by atoms with Gasteiger partial charge in [0.25, 0.3) is 11.2 Å². The quantitative estimate of drug-likeness (QED) is 0.175. The van der Waals surface area contributed by atoms with Crippen molar-refractivity contribution in [2.24, 2.45) is 10.1 Å². The van der Waals surface area contributed by atoms with E-state index in [1.807, 2.05) is 30.3 Å². The summed E-state index contributed by atoms with van der Waals surface area (Å²) in [5, 5.41) is 35.8. The predicted octanol–water partition coefficient (Wildman–Crippen LogP) is 5.21. The zero-order chi connectivity index (χ0) is 29.1. The van der Waals surface area contributed by atoms with Gasteiger partial charge in [0, 0.05) is 23.9 Å². The molecule has 0 bridgehead atoms. The summed E-state index contributed by atoms with van der Waals surface area (Å²) in [4.78, 5) is 36.2. The van der Waals surface area contributed by atoms with Crippen molar-refractivity contribution in [3.8, 4) is 23.3 Å². The highest BCUT2D eigenvalue weighted by Gasteiger charge is 2.24. The van der Waals surface area contributed by atoms with Crippen LogP contribution in [0.1, 0.15) is 29.4 Å². The fraction of sp³-hybridized carbons (Fsp3) is 0.0345. The highest BCUT2D eigenvalue weighted by molar-refractivity contribution is 5.98. The van der Waals surface area contributed by atoms with Crippen LogP contribution in [0, 0.1) is 38.6 Å². The Morgan fingerprint density at radius 2 is 1.80 bits per heavy atom. The lowest BCUT2D eigenvalue weighted by molar-refractivity contribution is -0.384. The van der Waals surface area contributed by atoms with Crippen molar-refractivity contribution >= 4 is 34.5 Å². The minimum atomic E-state index is -0.887. The number of nitriles is 2. The average Bonchev–Trinajstić information content (AvgIpc) is 3.42. The third kappa shape index (κ3) is 5.08. The summed E-state index contributed by atoms with van der Waals surface area (Å²) in [6.45, 7) is 1.59. The number of nitro benzene ring substituents is 1. The van der Waals surface area contributed by atoms with Crippen molar-refractivity contribution in [1.82, 2.24) is 14.6 Å². The van der Waals surface area contributed by atoms with E-state index in [1.54, 1.807) is 19.1 Å². The van der Waals surface area contributed by atoms with Crippen molar-refractivity contribution < 1.29 is 9.31 Å². The Balaban J connectivity index is 1.79. The minimum absolute atomic E-state index is 0.0610. The number of aromatic nitrogens is 3. The number of hydrogen-bond donors (Lipinski definition) is 1. The second-order valence-electron chi connectivity index (χ2n) is 8.69. The van der Waals surface area contributed by atoms with Crippen LogP contribution in [-0.4, -0.2) is 31.5 Å². The summed E-state index contributed by atoms with van der Waals surface area (Å²) >= 11 is 0. The van der Waals surface area contributed by atoms with Gasteiger partial charge in [0.2, 0.25) is 0 Å². The zero-order valence-corrected chi connectivity index (χ0v) is 21.2. The number of rotatable bonds is 6. The van der Waals surface area contributed by atoms with E-state index in [0.29, 0.717) is 16.9 Å². The number of halogens is 1. The number of nitrogens with one attached hydrogen (secondary N) is 1. The van der Waals surface area contributed by atoms with Crippen LogP contribution in [0.15, 0.2) is 87.7 Å². The van der Waals surface area contributed by atoms with Crippen LogP contribution in [0.3, 0.4) is 0 Å². The number of non-ortho nitro benzene ring substituents is 1. The molecule has 3 aromatic carbocycles. The van der Waals surface area contributed by atoms with E-state index in [2.05, 4.69) is 20.1 Å². The number of aromatic amines is 1. The van der Waals surface area contributed by atoms with Crippen LogP contribution in [0.25, 0.3) is 22.2 Å². The highest BCUT2D eigenvalue weighted by Crippen LogP contribution is 2.33. The Kier molecular flexibility index (Phi) is 6.97. The number of para-hydroxylation sites is 2. The van der Waals surface area contributed by atoms with E-state index < -0.39 is 21.9 Å². The van der Waals surface area contributed by atoms with Crippen LogP contribution in [0.2, 0.25) is 0 Å². The number of H-pyrrole nitrogens is 1. The van der Waals surface area contributed by atoms with E-state index in [4.69, 9.17) is 0 Å². The van der Waals surface area contributed by atoms with Crippen molar-refractivity contribution in [2.45, 2.75) is 6.92 Å². The van der Waals surface area contributed by atoms with Gasteiger partial charge >= 0.3 is 0 Å². The van der Waals surface area contributed by atoms with Gasteiger partial charge in [-0.2, -0.15) is 20.3 Å². The molecule has 0 spiro atoms. The standard InChI is InChI=1S/C29H17FN8O3/c1-17(27-34-24-7-2-3-8-25(24)35-27)36-37-28(33-16-18-5-4-6-20(30)13-18)22(14-31)26(23(15-32)29(37)39)19-9-11-21(12-10-19)38(40)41/h2-13,16H,1H3,(H,34,35)/b33-16?,36-17+. The molecule has 0 unspecified atom stereocenters. The molecule has 2 aromatic heterocycles. The SMILES string of the molecule is C/C(=N\n1c(N=Cc2cccc(F)c2)c(C#N)c(-c2ccc([N+](=O)[O-])cc2)c(C#N)c1=O)c1nc2ccccc2[nH]1. The molecule has 41 heavy (non-hydrogen) atoms. The van der Waals surface area contributed by atoms with E-state index >= 15 is 0 Å². The van der Waals surface area contributed by atoms with Crippen LogP contribution < -0.4 is 5.56 Å². The van der Waals surface area contributed by atoms with E-state index in [-0.39, 0.29) is 33.9 Å².